The van der Waals surface area contributed by atoms with Crippen molar-refractivity contribution in [3.8, 4) is 0 Å². The Morgan fingerprint density at radius 2 is 1.94 bits per heavy atom. The van der Waals surface area contributed by atoms with Crippen molar-refractivity contribution in [2.24, 2.45) is 29.6 Å². The summed E-state index contributed by atoms with van der Waals surface area (Å²) in [6.45, 7) is 0.374. The summed E-state index contributed by atoms with van der Waals surface area (Å²) in [5.74, 6) is -1.07. The molecule has 34 heavy (non-hydrogen) atoms. The smallest absolute Gasteiger partial charge is 0.305 e. The molecule has 0 spiro atoms. The number of aromatic nitrogens is 2. The van der Waals surface area contributed by atoms with E-state index in [0.717, 1.165) is 21.9 Å². The van der Waals surface area contributed by atoms with Gasteiger partial charge in [0.25, 0.3) is 0 Å². The molecule has 2 amide bonds. The lowest BCUT2D eigenvalue weighted by Crippen LogP contribution is -2.42. The number of carbonyl (C=O) groups is 3. The third kappa shape index (κ3) is 3.29. The molecule has 178 valence electrons. The van der Waals surface area contributed by atoms with E-state index in [2.05, 4.69) is 9.97 Å². The fourth-order valence-electron chi connectivity index (χ4n) is 6.96. The standard InChI is InChI=1S/C24H25N3O5S2/c28-14(29)6-2-1-3-8-27-22(30)17-12-9-13(18(17)23(27)31)19-16(12)15(11-5-4-7-25-10-11)20-21(33-19)26-24(32)34-20/h4-5,7,10,12-13,15-19H,1-3,6,8-9H2,(H,26,32)(H,28,29)/t12-,13-,15-,16-,17+,18+,19-/m0/s1. The monoisotopic (exact) mass is 499 g/mol. The molecular weight excluding hydrogens is 474 g/mol. The van der Waals surface area contributed by atoms with Gasteiger partial charge in [-0.25, -0.2) is 0 Å². The molecule has 1 saturated heterocycles. The van der Waals surface area contributed by atoms with Crippen molar-refractivity contribution in [3.63, 3.8) is 0 Å². The quantitative estimate of drug-likeness (QED) is 0.444. The number of amides is 2. The summed E-state index contributed by atoms with van der Waals surface area (Å²) in [6.07, 6.45) is 6.46. The first-order valence-corrected chi connectivity index (χ1v) is 13.5. The van der Waals surface area contributed by atoms with Gasteiger partial charge in [0.1, 0.15) is 0 Å². The van der Waals surface area contributed by atoms with Crippen LogP contribution >= 0.6 is 23.1 Å². The number of aromatic amines is 1. The Morgan fingerprint density at radius 1 is 1.15 bits per heavy atom. The lowest BCUT2D eigenvalue weighted by molar-refractivity contribution is -0.141. The lowest BCUT2D eigenvalue weighted by Gasteiger charge is -2.42. The fourth-order valence-corrected chi connectivity index (χ4v) is 9.84. The first-order valence-electron chi connectivity index (χ1n) is 11.8. The van der Waals surface area contributed by atoms with Gasteiger partial charge in [-0.1, -0.05) is 23.8 Å². The minimum absolute atomic E-state index is 0.00261. The molecule has 2 aliphatic heterocycles. The van der Waals surface area contributed by atoms with Crippen LogP contribution < -0.4 is 4.87 Å². The van der Waals surface area contributed by atoms with Crippen molar-refractivity contribution in [3.05, 3.63) is 44.6 Å². The lowest BCUT2D eigenvalue weighted by atomic mass is 9.68. The number of imide groups is 1. The van der Waals surface area contributed by atoms with E-state index in [9.17, 15) is 19.2 Å². The zero-order chi connectivity index (χ0) is 23.6. The average molecular weight is 500 g/mol. The second kappa shape index (κ2) is 8.34. The molecule has 0 aromatic carbocycles. The highest BCUT2D eigenvalue weighted by Gasteiger charge is 2.69. The molecule has 2 aliphatic carbocycles. The minimum atomic E-state index is -0.822. The molecule has 6 rings (SSSR count). The zero-order valence-corrected chi connectivity index (χ0v) is 20.0. The summed E-state index contributed by atoms with van der Waals surface area (Å²) in [5, 5.41) is 9.90. The van der Waals surface area contributed by atoms with Crippen LogP contribution in [0.25, 0.3) is 0 Å². The van der Waals surface area contributed by atoms with Gasteiger partial charge in [0.05, 0.1) is 16.9 Å². The molecule has 2 aromatic rings. The fraction of sp³-hybridized carbons (Fsp3) is 0.542. The largest absolute Gasteiger partial charge is 0.481 e. The molecule has 2 aromatic heterocycles. The van der Waals surface area contributed by atoms with Crippen LogP contribution in [0.1, 0.15) is 48.5 Å². The molecule has 0 radical (unpaired) electrons. The number of pyridine rings is 1. The van der Waals surface area contributed by atoms with E-state index in [4.69, 9.17) is 5.11 Å². The van der Waals surface area contributed by atoms with E-state index in [1.54, 1.807) is 18.0 Å². The Balaban J connectivity index is 1.28. The van der Waals surface area contributed by atoms with E-state index in [0.29, 0.717) is 25.8 Å². The third-order valence-electron chi connectivity index (χ3n) is 8.13. The Kier molecular flexibility index (Phi) is 5.40. The summed E-state index contributed by atoms with van der Waals surface area (Å²) in [4.78, 5) is 59.5. The van der Waals surface area contributed by atoms with Crippen LogP contribution in [0.15, 0.2) is 34.3 Å². The van der Waals surface area contributed by atoms with Crippen LogP contribution in [0.3, 0.4) is 0 Å². The van der Waals surface area contributed by atoms with Crippen LogP contribution in [0, 0.1) is 29.6 Å². The van der Waals surface area contributed by atoms with E-state index >= 15 is 0 Å². The van der Waals surface area contributed by atoms with Crippen LogP contribution in [0.4, 0.5) is 0 Å². The number of aliphatic carboxylic acids is 1. The molecule has 8 nitrogen and oxygen atoms in total. The molecule has 0 unspecified atom stereocenters. The SMILES string of the molecule is O=C(O)CCCCCN1C(=O)[C@@H]2[C@@H]3C[C@H]([C@H]2C1=O)[C@H]1[C@H](c2cccnc2)c2sc(=O)[nH]c2S[C@@H]31. The molecule has 10 heteroatoms. The Bertz CT molecular complexity index is 1210. The summed E-state index contributed by atoms with van der Waals surface area (Å²) < 4.78 is 0. The highest BCUT2D eigenvalue weighted by Crippen LogP contribution is 2.68. The first-order chi connectivity index (χ1) is 16.5. The van der Waals surface area contributed by atoms with Crippen molar-refractivity contribution in [2.45, 2.75) is 48.3 Å². The molecule has 4 heterocycles. The topological polar surface area (TPSA) is 120 Å². The average Bonchev–Trinajstić information content (AvgIpc) is 3.54. The molecule has 2 saturated carbocycles. The van der Waals surface area contributed by atoms with E-state index in [-0.39, 0.29) is 63.9 Å². The van der Waals surface area contributed by atoms with Crippen molar-refractivity contribution in [2.75, 3.05) is 6.54 Å². The number of nitrogens with one attached hydrogen (secondary N) is 1. The van der Waals surface area contributed by atoms with Crippen molar-refractivity contribution < 1.29 is 19.5 Å². The minimum Gasteiger partial charge on any atom is -0.481 e. The number of thiazole rings is 1. The van der Waals surface area contributed by atoms with Gasteiger partial charge in [0.15, 0.2) is 0 Å². The second-order valence-corrected chi connectivity index (χ2v) is 12.0. The van der Waals surface area contributed by atoms with Gasteiger partial charge in [-0.3, -0.25) is 29.1 Å². The highest BCUT2D eigenvalue weighted by molar-refractivity contribution is 8.00. The van der Waals surface area contributed by atoms with E-state index in [1.807, 2.05) is 18.3 Å². The number of carbonyl (C=O) groups excluding carboxylic acids is 2. The summed E-state index contributed by atoms with van der Waals surface area (Å²) in [6, 6.07) is 3.96. The van der Waals surface area contributed by atoms with Gasteiger partial charge >= 0.3 is 10.8 Å². The number of unbranched alkanes of at least 4 members (excludes halogenated alkanes) is 2. The predicted octanol–water partition coefficient (Wildman–Crippen LogP) is 2.95. The van der Waals surface area contributed by atoms with Gasteiger partial charge in [-0.05, 0) is 48.6 Å². The molecule has 7 atom stereocenters. The number of carboxylic acid groups (broad SMARTS) is 1. The zero-order valence-electron chi connectivity index (χ0n) is 18.4. The third-order valence-corrected chi connectivity index (χ3v) is 10.7. The maximum atomic E-state index is 13.5. The first kappa shape index (κ1) is 22.0. The number of thioether (sulfide) groups is 1. The number of rotatable bonds is 7. The second-order valence-electron chi connectivity index (χ2n) is 9.78. The number of carboxylic acids is 1. The number of likely N-dealkylation sites (tertiary alicyclic amines) is 1. The Morgan fingerprint density at radius 3 is 2.68 bits per heavy atom. The normalized spacial score (nSPS) is 33.2. The van der Waals surface area contributed by atoms with Crippen LogP contribution in [-0.2, 0) is 14.4 Å². The Labute approximate surface area is 204 Å². The molecule has 2 bridgehead atoms. The van der Waals surface area contributed by atoms with Crippen LogP contribution in [0.5, 0.6) is 0 Å². The number of nitrogens with zero attached hydrogens (tertiary/aromatic N) is 2. The molecule has 3 fully saturated rings. The Hall–Kier alpha value is -2.46. The predicted molar refractivity (Wildman–Crippen MR) is 126 cm³/mol. The van der Waals surface area contributed by atoms with Crippen molar-refractivity contribution in [1.82, 2.24) is 14.9 Å². The van der Waals surface area contributed by atoms with E-state index < -0.39 is 5.97 Å². The van der Waals surface area contributed by atoms with Gasteiger partial charge in [0.2, 0.25) is 11.8 Å². The molecule has 4 aliphatic rings. The summed E-state index contributed by atoms with van der Waals surface area (Å²) in [5.41, 5.74) is 1.06. The van der Waals surface area contributed by atoms with Crippen molar-refractivity contribution >= 4 is 40.9 Å². The van der Waals surface area contributed by atoms with Gasteiger partial charge in [-0.15, -0.1) is 11.8 Å². The highest BCUT2D eigenvalue weighted by atomic mass is 32.2. The molecular formula is C24H25N3O5S2. The van der Waals surface area contributed by atoms with Gasteiger partial charge in [-0.2, -0.15) is 0 Å². The number of hydrogen-bond donors (Lipinski definition) is 2. The van der Waals surface area contributed by atoms with Crippen molar-refractivity contribution in [1.29, 1.82) is 0 Å². The maximum Gasteiger partial charge on any atom is 0.305 e. The summed E-state index contributed by atoms with van der Waals surface area (Å²) in [7, 11) is 0. The van der Waals surface area contributed by atoms with E-state index in [1.165, 1.54) is 16.2 Å². The number of hydrogen-bond acceptors (Lipinski definition) is 7. The number of H-pyrrole nitrogens is 1. The van der Waals surface area contributed by atoms with Crippen LogP contribution in [-0.4, -0.2) is 49.6 Å². The van der Waals surface area contributed by atoms with Gasteiger partial charge in [0, 0.05) is 41.4 Å². The number of fused-ring (bicyclic) bond motifs is 9. The maximum absolute atomic E-state index is 13.5. The van der Waals surface area contributed by atoms with Gasteiger partial charge < -0.3 is 10.1 Å². The molecule has 2 N–H and O–H groups in total. The summed E-state index contributed by atoms with van der Waals surface area (Å²) >= 11 is 2.94. The van der Waals surface area contributed by atoms with Crippen LogP contribution in [0.2, 0.25) is 0 Å².